The fourth-order valence-electron chi connectivity index (χ4n) is 3.13. The zero-order valence-electron chi connectivity index (χ0n) is 15.3. The second-order valence-corrected chi connectivity index (χ2v) is 8.90. The molecular weight excluding hydrogens is 452 g/mol. The SMILES string of the molecule is CCO[C@H](COS(=O)(=O)O)[C@@H]1C(=O)N2C(C(=O)O)=C(SC(Cl)=CNC(C)=O)C[C@H]12. The van der Waals surface area contributed by atoms with Crippen molar-refractivity contribution in [3.63, 3.8) is 0 Å². The molecule has 0 radical (unpaired) electrons. The Hall–Kier alpha value is -1.64. The van der Waals surface area contributed by atoms with Gasteiger partial charge in [0.2, 0.25) is 11.8 Å². The normalized spacial score (nSPS) is 23.0. The van der Waals surface area contributed by atoms with Gasteiger partial charge in [0.25, 0.3) is 0 Å². The minimum Gasteiger partial charge on any atom is -0.477 e. The molecule has 1 fully saturated rings. The summed E-state index contributed by atoms with van der Waals surface area (Å²) in [5, 5.41) is 11.9. The van der Waals surface area contributed by atoms with Crippen LogP contribution in [0.15, 0.2) is 21.2 Å². The number of hydrogen-bond donors (Lipinski definition) is 3. The van der Waals surface area contributed by atoms with E-state index in [1.54, 1.807) is 6.92 Å². The summed E-state index contributed by atoms with van der Waals surface area (Å²) in [6.45, 7) is 2.45. The summed E-state index contributed by atoms with van der Waals surface area (Å²) < 4.78 is 40.3. The van der Waals surface area contributed by atoms with Crippen LogP contribution in [0.5, 0.6) is 0 Å². The number of ether oxygens (including phenoxy) is 1. The molecule has 1 saturated heterocycles. The molecule has 0 spiro atoms. The number of rotatable bonds is 10. The number of carbonyl (C=O) groups is 3. The van der Waals surface area contributed by atoms with Crippen LogP contribution < -0.4 is 5.32 Å². The number of carboxylic acid groups (broad SMARTS) is 1. The van der Waals surface area contributed by atoms with Crippen molar-refractivity contribution in [3.05, 3.63) is 21.2 Å². The van der Waals surface area contributed by atoms with E-state index in [4.69, 9.17) is 20.9 Å². The zero-order valence-corrected chi connectivity index (χ0v) is 17.7. The van der Waals surface area contributed by atoms with E-state index in [0.717, 1.165) is 16.7 Å². The molecule has 0 aromatic carbocycles. The number of nitrogens with one attached hydrogen (secondary N) is 1. The number of fused-ring (bicyclic) bond motifs is 1. The molecule has 0 saturated carbocycles. The van der Waals surface area contributed by atoms with Crippen LogP contribution in [-0.2, 0) is 33.7 Å². The molecule has 2 heterocycles. The highest BCUT2D eigenvalue weighted by Gasteiger charge is 2.58. The zero-order chi connectivity index (χ0) is 21.9. The smallest absolute Gasteiger partial charge is 0.397 e. The van der Waals surface area contributed by atoms with Gasteiger partial charge in [0.05, 0.1) is 29.0 Å². The van der Waals surface area contributed by atoms with Crippen LogP contribution in [0.25, 0.3) is 0 Å². The maximum absolute atomic E-state index is 12.6. The van der Waals surface area contributed by atoms with Gasteiger partial charge in [0.15, 0.2) is 0 Å². The van der Waals surface area contributed by atoms with Gasteiger partial charge in [-0.15, -0.1) is 0 Å². The van der Waals surface area contributed by atoms with E-state index in [1.165, 1.54) is 13.1 Å². The molecule has 0 aromatic heterocycles. The molecule has 2 aliphatic rings. The second kappa shape index (κ2) is 9.45. The van der Waals surface area contributed by atoms with Crippen LogP contribution >= 0.6 is 23.4 Å². The van der Waals surface area contributed by atoms with Crippen molar-refractivity contribution < 1.29 is 41.4 Å². The van der Waals surface area contributed by atoms with Crippen LogP contribution in [0.3, 0.4) is 0 Å². The van der Waals surface area contributed by atoms with Crippen molar-refractivity contribution >= 4 is 51.5 Å². The van der Waals surface area contributed by atoms with Crippen molar-refractivity contribution in [1.82, 2.24) is 10.2 Å². The highest BCUT2D eigenvalue weighted by molar-refractivity contribution is 8.08. The lowest BCUT2D eigenvalue weighted by Crippen LogP contribution is -2.63. The van der Waals surface area contributed by atoms with Crippen molar-refractivity contribution in [2.24, 2.45) is 5.92 Å². The van der Waals surface area contributed by atoms with Gasteiger partial charge in [-0.3, -0.25) is 14.1 Å². The van der Waals surface area contributed by atoms with Gasteiger partial charge in [-0.05, 0) is 6.92 Å². The second-order valence-electron chi connectivity index (χ2n) is 6.04. The van der Waals surface area contributed by atoms with Crippen LogP contribution in [0.4, 0.5) is 0 Å². The van der Waals surface area contributed by atoms with Gasteiger partial charge in [-0.2, -0.15) is 8.42 Å². The summed E-state index contributed by atoms with van der Waals surface area (Å²) in [5.74, 6) is -3.11. The first-order valence-corrected chi connectivity index (χ1v) is 10.9. The number of β-lactam (4-membered cyclic amide) rings is 1. The molecule has 2 aliphatic heterocycles. The maximum Gasteiger partial charge on any atom is 0.397 e. The van der Waals surface area contributed by atoms with Gasteiger partial charge in [0.1, 0.15) is 5.70 Å². The molecule has 14 heteroatoms. The first kappa shape index (κ1) is 23.6. The molecule has 0 unspecified atom stereocenters. The van der Waals surface area contributed by atoms with E-state index in [1.807, 2.05) is 0 Å². The minimum atomic E-state index is -4.73. The number of aliphatic carboxylic acids is 1. The standard InChI is InChI=1S/C15H19ClN2O9S2/c1-3-26-9(6-27-29(23,24)25)12-8-4-10(28-11(16)5-17-7(2)19)13(15(21)22)18(8)14(12)20/h5,8-9,12H,3-4,6H2,1-2H3,(H,17,19)(H,21,22)(H,23,24,25)/t8-,9-,12-/m1/s1. The number of carbonyl (C=O) groups excluding carboxylic acids is 2. The first-order valence-electron chi connectivity index (χ1n) is 8.29. The fourth-order valence-corrected chi connectivity index (χ4v) is 4.66. The lowest BCUT2D eigenvalue weighted by Gasteiger charge is -2.46. The van der Waals surface area contributed by atoms with Gasteiger partial charge >= 0.3 is 16.4 Å². The lowest BCUT2D eigenvalue weighted by molar-refractivity contribution is -0.166. The molecule has 29 heavy (non-hydrogen) atoms. The Morgan fingerprint density at radius 1 is 1.48 bits per heavy atom. The predicted molar refractivity (Wildman–Crippen MR) is 102 cm³/mol. The van der Waals surface area contributed by atoms with Crippen LogP contribution in [0.2, 0.25) is 0 Å². The van der Waals surface area contributed by atoms with E-state index in [9.17, 15) is 27.9 Å². The number of thioether (sulfide) groups is 1. The van der Waals surface area contributed by atoms with E-state index in [-0.39, 0.29) is 29.0 Å². The number of halogens is 1. The molecule has 3 N–H and O–H groups in total. The Bertz CT molecular complexity index is 871. The molecule has 3 atom stereocenters. The Kier molecular flexibility index (Phi) is 7.70. The third-order valence-corrected chi connectivity index (χ3v) is 5.84. The summed E-state index contributed by atoms with van der Waals surface area (Å²) in [7, 11) is -4.73. The van der Waals surface area contributed by atoms with Gasteiger partial charge in [-0.1, -0.05) is 23.4 Å². The van der Waals surface area contributed by atoms with E-state index in [2.05, 4.69) is 9.50 Å². The average molecular weight is 471 g/mol. The summed E-state index contributed by atoms with van der Waals surface area (Å²) in [6, 6.07) is -0.595. The molecule has 2 rings (SSSR count). The lowest BCUT2D eigenvalue weighted by atomic mass is 9.83. The maximum atomic E-state index is 12.6. The van der Waals surface area contributed by atoms with E-state index < -0.39 is 46.9 Å². The highest BCUT2D eigenvalue weighted by atomic mass is 35.5. The van der Waals surface area contributed by atoms with Gasteiger partial charge in [-0.25, -0.2) is 8.98 Å². The van der Waals surface area contributed by atoms with Crippen molar-refractivity contribution in [2.75, 3.05) is 13.2 Å². The van der Waals surface area contributed by atoms with Gasteiger partial charge in [0, 0.05) is 31.1 Å². The molecule has 2 amide bonds. The van der Waals surface area contributed by atoms with Crippen molar-refractivity contribution in [3.8, 4) is 0 Å². The third-order valence-electron chi connectivity index (χ3n) is 4.14. The molecule has 162 valence electrons. The number of nitrogens with zero attached hydrogens (tertiary/aromatic N) is 1. The monoisotopic (exact) mass is 470 g/mol. The summed E-state index contributed by atoms with van der Waals surface area (Å²) in [6.07, 6.45) is 0.349. The largest absolute Gasteiger partial charge is 0.477 e. The van der Waals surface area contributed by atoms with E-state index in [0.29, 0.717) is 4.91 Å². The Morgan fingerprint density at radius 3 is 2.66 bits per heavy atom. The Labute approximate surface area is 176 Å². The number of amides is 2. The molecule has 11 nitrogen and oxygen atoms in total. The highest BCUT2D eigenvalue weighted by Crippen LogP contribution is 2.49. The van der Waals surface area contributed by atoms with Crippen LogP contribution in [-0.4, -0.2) is 66.1 Å². The molecule has 0 aliphatic carbocycles. The van der Waals surface area contributed by atoms with Crippen molar-refractivity contribution in [2.45, 2.75) is 32.4 Å². The van der Waals surface area contributed by atoms with Crippen molar-refractivity contribution in [1.29, 1.82) is 0 Å². The Balaban J connectivity index is 2.20. The molecule has 0 aromatic rings. The quantitative estimate of drug-likeness (QED) is 0.305. The summed E-state index contributed by atoms with van der Waals surface area (Å²) >= 11 is 6.90. The van der Waals surface area contributed by atoms with Crippen LogP contribution in [0, 0.1) is 5.92 Å². The topological polar surface area (TPSA) is 160 Å². The fraction of sp³-hybridized carbons (Fsp3) is 0.533. The van der Waals surface area contributed by atoms with Gasteiger partial charge < -0.3 is 20.1 Å². The number of carboxylic acids is 1. The Morgan fingerprint density at radius 2 is 2.14 bits per heavy atom. The summed E-state index contributed by atoms with van der Waals surface area (Å²) in [5.41, 5.74) is -0.235. The first-order chi connectivity index (χ1) is 13.5. The van der Waals surface area contributed by atoms with Crippen LogP contribution in [0.1, 0.15) is 20.3 Å². The van der Waals surface area contributed by atoms with E-state index >= 15 is 0 Å². The summed E-state index contributed by atoms with van der Waals surface area (Å²) in [4.78, 5) is 36.7. The average Bonchev–Trinajstić information content (AvgIpc) is 2.92. The minimum absolute atomic E-state index is 0.0940. The molecular formula is C15H19ClN2O9S2. The molecule has 0 bridgehead atoms. The third kappa shape index (κ3) is 5.71. The predicted octanol–water partition coefficient (Wildman–Crippen LogP) is 0.645. The number of hydrogen-bond acceptors (Lipinski definition) is 8.